The highest BCUT2D eigenvalue weighted by molar-refractivity contribution is 6.32. The third-order valence-electron chi connectivity index (χ3n) is 6.15. The van der Waals surface area contributed by atoms with Crippen LogP contribution in [0.2, 0.25) is 0 Å². The number of nitrogens with zero attached hydrogens (tertiary/aromatic N) is 2. The largest absolute Gasteiger partial charge is 0.340 e. The Bertz CT molecular complexity index is 1470. The minimum absolute atomic E-state index is 1.03. The van der Waals surface area contributed by atoms with Crippen molar-refractivity contribution in [2.45, 2.75) is 26.3 Å². The first-order valence-electron chi connectivity index (χ1n) is 10.5. The molecule has 0 radical (unpaired) electrons. The summed E-state index contributed by atoms with van der Waals surface area (Å²) in [5.41, 5.74) is 4.72. The van der Waals surface area contributed by atoms with Crippen molar-refractivity contribution in [3.8, 4) is 0 Å². The van der Waals surface area contributed by atoms with Gasteiger partial charge in [0.25, 0.3) is 0 Å². The first-order chi connectivity index (χ1) is 14.3. The van der Waals surface area contributed by atoms with E-state index >= 15 is 0 Å². The average Bonchev–Trinajstić information content (AvgIpc) is 3.26. The van der Waals surface area contributed by atoms with Gasteiger partial charge in [0.05, 0.1) is 16.7 Å². The first-order valence-corrected chi connectivity index (χ1v) is 10.5. The zero-order valence-electron chi connectivity index (χ0n) is 16.5. The van der Waals surface area contributed by atoms with Crippen LogP contribution in [-0.4, -0.2) is 10.3 Å². The number of hydrogen-bond donors (Lipinski definition) is 0. The van der Waals surface area contributed by atoms with Crippen molar-refractivity contribution in [1.29, 1.82) is 0 Å². The number of hydrogen-bond acceptors (Lipinski definition) is 1. The van der Waals surface area contributed by atoms with E-state index in [2.05, 4.69) is 90.4 Å². The molecule has 0 N–H and O–H groups in total. The summed E-state index contributed by atoms with van der Waals surface area (Å²) in [5.74, 6) is 0. The van der Waals surface area contributed by atoms with Crippen LogP contribution in [-0.2, 0) is 6.54 Å². The maximum Gasteiger partial charge on any atom is 0.0737 e. The molecule has 0 spiro atoms. The normalized spacial score (nSPS) is 13.8. The minimum Gasteiger partial charge on any atom is -0.340 e. The van der Waals surface area contributed by atoms with E-state index in [1.54, 1.807) is 0 Å². The number of benzene rings is 4. The smallest absolute Gasteiger partial charge is 0.0737 e. The lowest BCUT2D eigenvalue weighted by Crippen LogP contribution is -2.18. The lowest BCUT2D eigenvalue weighted by molar-refractivity contribution is 0.640. The monoisotopic (exact) mass is 374 g/mol. The fourth-order valence-electron chi connectivity index (χ4n) is 4.80. The van der Waals surface area contributed by atoms with E-state index < -0.39 is 0 Å². The fraction of sp³-hybridized carbons (Fsp3) is 0.148. The van der Waals surface area contributed by atoms with Gasteiger partial charge < -0.3 is 4.57 Å². The number of unbranched alkanes of at least 4 members (excludes halogenated alkanes) is 1. The second-order valence-electron chi connectivity index (χ2n) is 7.89. The third kappa shape index (κ3) is 2.39. The minimum atomic E-state index is 1.03. The summed E-state index contributed by atoms with van der Waals surface area (Å²) in [4.78, 5) is 5.02. The molecule has 0 unspecified atom stereocenters. The van der Waals surface area contributed by atoms with Crippen molar-refractivity contribution in [3.05, 3.63) is 83.7 Å². The highest BCUT2D eigenvalue weighted by atomic mass is 15.0. The van der Waals surface area contributed by atoms with Gasteiger partial charge in [-0.1, -0.05) is 74.0 Å². The maximum atomic E-state index is 5.02. The van der Waals surface area contributed by atoms with Crippen LogP contribution in [0.4, 0.5) is 5.69 Å². The molecule has 2 heterocycles. The molecule has 1 aliphatic heterocycles. The van der Waals surface area contributed by atoms with Gasteiger partial charge in [0.15, 0.2) is 0 Å². The molecule has 0 amide bonds. The molecule has 0 saturated heterocycles. The van der Waals surface area contributed by atoms with E-state index in [1.807, 2.05) is 0 Å². The summed E-state index contributed by atoms with van der Waals surface area (Å²) in [7, 11) is 0. The predicted molar refractivity (Wildman–Crippen MR) is 124 cm³/mol. The van der Waals surface area contributed by atoms with Crippen LogP contribution in [0.3, 0.4) is 0 Å². The summed E-state index contributed by atoms with van der Waals surface area (Å²) in [6.07, 6.45) is 4.66. The Morgan fingerprint density at radius 1 is 0.828 bits per heavy atom. The molecule has 6 rings (SSSR count). The van der Waals surface area contributed by atoms with Gasteiger partial charge in [-0.2, -0.15) is 0 Å². The van der Waals surface area contributed by atoms with E-state index in [0.717, 1.165) is 17.9 Å². The summed E-state index contributed by atoms with van der Waals surface area (Å²) < 4.78 is 2.49. The molecule has 1 aliphatic rings. The van der Waals surface area contributed by atoms with Crippen molar-refractivity contribution in [2.24, 2.45) is 4.99 Å². The van der Waals surface area contributed by atoms with Gasteiger partial charge in [-0.25, -0.2) is 4.99 Å². The van der Waals surface area contributed by atoms with Crippen LogP contribution in [0.25, 0.3) is 38.5 Å². The number of aryl methyl sites for hydroxylation is 1. The van der Waals surface area contributed by atoms with E-state index in [1.165, 1.54) is 56.2 Å². The molecular formula is C27H22N2. The summed E-state index contributed by atoms with van der Waals surface area (Å²) >= 11 is 0. The number of aliphatic imine (C=N–C) groups is 1. The van der Waals surface area contributed by atoms with Crippen molar-refractivity contribution in [1.82, 2.24) is 4.57 Å². The summed E-state index contributed by atoms with van der Waals surface area (Å²) in [5, 5.41) is 7.80. The fourth-order valence-corrected chi connectivity index (χ4v) is 4.80. The Hall–Kier alpha value is -3.39. The SMILES string of the molecule is CCCCn1/c(=C/C2=Nc3cccc4cccc2c34)c2cccc3cccc1c32. The Morgan fingerprint density at radius 2 is 1.55 bits per heavy atom. The third-order valence-corrected chi connectivity index (χ3v) is 6.15. The lowest BCUT2D eigenvalue weighted by atomic mass is 10.0. The molecule has 0 atom stereocenters. The lowest BCUT2D eigenvalue weighted by Gasteiger charge is -2.06. The van der Waals surface area contributed by atoms with E-state index in [9.17, 15) is 0 Å². The first kappa shape index (κ1) is 16.6. The molecule has 1 aromatic heterocycles. The molecule has 0 aliphatic carbocycles. The standard InChI is InChI=1S/C27H22N2/c1-2-3-16-29-24-15-7-11-19-9-5-13-21(27(19)24)25(29)17-23-20-12-4-8-18-10-6-14-22(28-23)26(18)20/h4-15,17H,2-3,16H2,1H3/b25-17+. The molecule has 4 aromatic carbocycles. The number of aromatic nitrogens is 1. The van der Waals surface area contributed by atoms with Gasteiger partial charge in [0, 0.05) is 33.8 Å². The average molecular weight is 374 g/mol. The van der Waals surface area contributed by atoms with Crippen LogP contribution >= 0.6 is 0 Å². The molecule has 140 valence electrons. The summed E-state index contributed by atoms with van der Waals surface area (Å²) in [6, 6.07) is 26.2. The topological polar surface area (TPSA) is 17.3 Å². The Kier molecular flexibility index (Phi) is 3.60. The highest BCUT2D eigenvalue weighted by Crippen LogP contribution is 2.36. The van der Waals surface area contributed by atoms with Gasteiger partial charge in [0.1, 0.15) is 0 Å². The zero-order chi connectivity index (χ0) is 19.4. The molecule has 0 saturated carbocycles. The van der Waals surface area contributed by atoms with Gasteiger partial charge in [-0.3, -0.25) is 0 Å². The quantitative estimate of drug-likeness (QED) is 0.347. The molecule has 2 nitrogen and oxygen atoms in total. The van der Waals surface area contributed by atoms with Crippen LogP contribution < -0.4 is 5.35 Å². The Balaban J connectivity index is 1.68. The van der Waals surface area contributed by atoms with Crippen molar-refractivity contribution < 1.29 is 0 Å². The molecule has 0 bridgehead atoms. The molecule has 29 heavy (non-hydrogen) atoms. The second kappa shape index (κ2) is 6.31. The molecular weight excluding hydrogens is 352 g/mol. The summed E-state index contributed by atoms with van der Waals surface area (Å²) in [6.45, 7) is 3.28. The van der Waals surface area contributed by atoms with Crippen LogP contribution in [0.15, 0.2) is 77.8 Å². The highest BCUT2D eigenvalue weighted by Gasteiger charge is 2.18. The van der Waals surface area contributed by atoms with Crippen molar-refractivity contribution in [3.63, 3.8) is 0 Å². The number of rotatable bonds is 4. The maximum absolute atomic E-state index is 5.02. The zero-order valence-corrected chi connectivity index (χ0v) is 16.5. The molecule has 5 aromatic rings. The molecule has 2 heteroatoms. The van der Waals surface area contributed by atoms with Crippen molar-refractivity contribution >= 4 is 49.9 Å². The van der Waals surface area contributed by atoms with E-state index in [-0.39, 0.29) is 0 Å². The van der Waals surface area contributed by atoms with E-state index in [4.69, 9.17) is 4.99 Å². The predicted octanol–water partition coefficient (Wildman–Crippen LogP) is 6.38. The van der Waals surface area contributed by atoms with Crippen LogP contribution in [0, 0.1) is 0 Å². The van der Waals surface area contributed by atoms with E-state index in [0.29, 0.717) is 0 Å². The van der Waals surface area contributed by atoms with Crippen LogP contribution in [0.1, 0.15) is 25.3 Å². The van der Waals surface area contributed by atoms with Gasteiger partial charge in [-0.05, 0) is 35.4 Å². The van der Waals surface area contributed by atoms with Gasteiger partial charge >= 0.3 is 0 Å². The second-order valence-corrected chi connectivity index (χ2v) is 7.89. The van der Waals surface area contributed by atoms with Crippen LogP contribution in [0.5, 0.6) is 0 Å². The Labute approximate surface area is 169 Å². The van der Waals surface area contributed by atoms with Gasteiger partial charge in [0.2, 0.25) is 0 Å². The molecule has 0 fully saturated rings. The van der Waals surface area contributed by atoms with Gasteiger partial charge in [-0.15, -0.1) is 0 Å². The Morgan fingerprint density at radius 3 is 2.38 bits per heavy atom. The van der Waals surface area contributed by atoms with Crippen molar-refractivity contribution in [2.75, 3.05) is 0 Å².